The molecule has 1 unspecified atom stereocenters. The number of hydrogen-bond donors (Lipinski definition) is 3. The summed E-state index contributed by atoms with van der Waals surface area (Å²) in [5.41, 5.74) is 0. The molecule has 0 saturated heterocycles. The molecule has 0 aromatic rings. The van der Waals surface area contributed by atoms with Crippen molar-refractivity contribution >= 4 is 27.1 Å². The van der Waals surface area contributed by atoms with Crippen LogP contribution < -0.4 is 10.4 Å². The second kappa shape index (κ2) is 25.1. The van der Waals surface area contributed by atoms with Crippen molar-refractivity contribution in [3.63, 3.8) is 0 Å². The van der Waals surface area contributed by atoms with Gasteiger partial charge in [0, 0.05) is 19.4 Å². The molecule has 0 aliphatic heterocycles. The van der Waals surface area contributed by atoms with Crippen LogP contribution in [-0.4, -0.2) is 35.4 Å². The maximum Gasteiger partial charge on any atom is 0.320 e. The van der Waals surface area contributed by atoms with E-state index < -0.39 is 12.0 Å². The van der Waals surface area contributed by atoms with Gasteiger partial charge in [-0.25, -0.2) is 0 Å². The molecule has 34 heavy (non-hydrogen) atoms. The number of carboxylic acids is 1. The van der Waals surface area contributed by atoms with E-state index in [9.17, 15) is 14.4 Å². The van der Waals surface area contributed by atoms with E-state index in [2.05, 4.69) is 19.8 Å². The Bertz CT molecular complexity index is 517. The average molecular weight is 501 g/mol. The number of carbonyl (C=O) groups excluding carboxylic acids is 2. The Hall–Kier alpha value is -1.00. The Morgan fingerprint density at radius 2 is 1.06 bits per heavy atom. The van der Waals surface area contributed by atoms with Gasteiger partial charge in [0.1, 0.15) is 11.8 Å². The third kappa shape index (κ3) is 24.1. The first-order valence-corrected chi connectivity index (χ1v) is 14.5. The number of hydrogen-bond acceptors (Lipinski definition) is 4. The van der Waals surface area contributed by atoms with Gasteiger partial charge < -0.3 is 15.2 Å². The number of ketones is 1. The van der Waals surface area contributed by atoms with E-state index in [0.717, 1.165) is 38.5 Å². The van der Waals surface area contributed by atoms with Crippen LogP contribution in [0.3, 0.4) is 0 Å². The fourth-order valence-corrected chi connectivity index (χ4v) is 4.51. The van der Waals surface area contributed by atoms with E-state index in [1.807, 2.05) is 0 Å². The zero-order valence-electron chi connectivity index (χ0n) is 21.9. The summed E-state index contributed by atoms with van der Waals surface area (Å²) in [4.78, 5) is 33.6. The van der Waals surface area contributed by atoms with Gasteiger partial charge in [-0.3, -0.25) is 14.7 Å². The highest BCUT2D eigenvalue weighted by Crippen LogP contribution is 2.14. The first kappa shape index (κ1) is 33.0. The third-order valence-electron chi connectivity index (χ3n) is 6.42. The number of carbonyl (C=O) groups is 3. The van der Waals surface area contributed by atoms with E-state index in [1.165, 1.54) is 83.5 Å². The molecule has 3 N–H and O–H groups in total. The second-order valence-electron chi connectivity index (χ2n) is 9.76. The van der Waals surface area contributed by atoms with Crippen LogP contribution >= 0.6 is 9.39 Å². The van der Waals surface area contributed by atoms with Gasteiger partial charge in [-0.2, -0.15) is 0 Å². The second-order valence-corrected chi connectivity index (χ2v) is 10.1. The van der Waals surface area contributed by atoms with E-state index >= 15 is 0 Å². The van der Waals surface area contributed by atoms with Gasteiger partial charge >= 0.3 is 5.97 Å². The minimum atomic E-state index is -0.837. The quantitative estimate of drug-likeness (QED) is 0.0905. The predicted molar refractivity (Wildman–Crippen MR) is 145 cm³/mol. The summed E-state index contributed by atoms with van der Waals surface area (Å²) >= 11 is 0. The summed E-state index contributed by atoms with van der Waals surface area (Å²) in [6, 6.07) is -0.531. The molecular formula is C27H53N2O4P. The van der Waals surface area contributed by atoms with Crippen molar-refractivity contribution in [2.24, 2.45) is 0 Å². The fraction of sp³-hybridized carbons (Fsp3) is 0.889. The topological polar surface area (TPSA) is 95.5 Å². The van der Waals surface area contributed by atoms with Crippen LogP contribution in [0.5, 0.6) is 0 Å². The molecule has 0 aliphatic carbocycles. The standard InChI is InChI=1S/C27H53N2O4P/c1-24(30)20-16-14-12-10-8-6-4-2-3-5-7-9-11-13-15-17-22-26(31)28-23-19-18-21-25(29-34)27(32)33/h25,29H,2-23,34H2,1H3,(H,28,31)(H,32,33)/t25-/m0/s1. The van der Waals surface area contributed by atoms with Gasteiger partial charge in [-0.1, -0.05) is 99.3 Å². The molecule has 200 valence electrons. The number of Topliss-reactive ketones (excluding diaryl/α,β-unsaturated/α-hetero) is 1. The zero-order chi connectivity index (χ0) is 25.3. The van der Waals surface area contributed by atoms with Crippen molar-refractivity contribution in [1.82, 2.24) is 10.4 Å². The molecule has 0 aromatic carbocycles. The first-order chi connectivity index (χ1) is 16.5. The maximum absolute atomic E-state index is 11.9. The lowest BCUT2D eigenvalue weighted by Gasteiger charge is -2.10. The van der Waals surface area contributed by atoms with Crippen LogP contribution in [0.15, 0.2) is 0 Å². The molecule has 2 atom stereocenters. The smallest absolute Gasteiger partial charge is 0.320 e. The van der Waals surface area contributed by atoms with E-state index in [4.69, 9.17) is 5.11 Å². The highest BCUT2D eigenvalue weighted by Gasteiger charge is 2.13. The Morgan fingerprint density at radius 3 is 1.44 bits per heavy atom. The van der Waals surface area contributed by atoms with Crippen molar-refractivity contribution in [2.75, 3.05) is 6.54 Å². The largest absolute Gasteiger partial charge is 0.480 e. The Balaban J connectivity index is 3.24. The van der Waals surface area contributed by atoms with Crippen molar-refractivity contribution < 1.29 is 19.5 Å². The molecular weight excluding hydrogens is 447 g/mol. The Morgan fingerprint density at radius 1 is 0.647 bits per heavy atom. The van der Waals surface area contributed by atoms with E-state index in [-0.39, 0.29) is 5.91 Å². The lowest BCUT2D eigenvalue weighted by atomic mass is 10.0. The lowest BCUT2D eigenvalue weighted by Crippen LogP contribution is -2.30. The Kier molecular flexibility index (Phi) is 24.4. The molecule has 0 aromatic heterocycles. The average Bonchev–Trinajstić information content (AvgIpc) is 2.80. The monoisotopic (exact) mass is 500 g/mol. The predicted octanol–water partition coefficient (Wildman–Crippen LogP) is 6.72. The molecule has 0 spiro atoms. The first-order valence-electron chi connectivity index (χ1n) is 13.9. The summed E-state index contributed by atoms with van der Waals surface area (Å²) in [7, 11) is 2.25. The third-order valence-corrected chi connectivity index (χ3v) is 6.83. The zero-order valence-corrected chi connectivity index (χ0v) is 23.0. The Labute approximate surface area is 211 Å². The van der Waals surface area contributed by atoms with Crippen molar-refractivity contribution in [3.05, 3.63) is 0 Å². The normalized spacial score (nSPS) is 11.9. The van der Waals surface area contributed by atoms with Gasteiger partial charge in [-0.05, 0) is 39.0 Å². The highest BCUT2D eigenvalue weighted by atomic mass is 31.0. The van der Waals surface area contributed by atoms with Gasteiger partial charge in [0.15, 0.2) is 0 Å². The molecule has 0 aliphatic rings. The number of amides is 1. The molecule has 0 bridgehead atoms. The minimum Gasteiger partial charge on any atom is -0.480 e. The molecule has 0 saturated carbocycles. The SMILES string of the molecule is CC(=O)CCCCCCCCCCCCCCCCCCC(=O)NCCCC[C@H](NP)C(=O)O. The summed E-state index contributed by atoms with van der Waals surface area (Å²) in [5.74, 6) is -0.398. The van der Waals surface area contributed by atoms with E-state index in [1.54, 1.807) is 6.92 Å². The number of aliphatic carboxylic acids is 1. The van der Waals surface area contributed by atoms with E-state index in [0.29, 0.717) is 25.2 Å². The van der Waals surface area contributed by atoms with Crippen LogP contribution in [0.4, 0.5) is 0 Å². The lowest BCUT2D eigenvalue weighted by molar-refractivity contribution is -0.139. The van der Waals surface area contributed by atoms with Crippen LogP contribution in [0.2, 0.25) is 0 Å². The summed E-state index contributed by atoms with van der Waals surface area (Å²) in [5, 5.41) is 14.6. The minimum absolute atomic E-state index is 0.118. The molecule has 0 rings (SSSR count). The summed E-state index contributed by atoms with van der Waals surface area (Å²) < 4.78 is 0. The number of unbranched alkanes of at least 4 members (excludes halogenated alkanes) is 16. The van der Waals surface area contributed by atoms with Crippen LogP contribution in [0.1, 0.15) is 142 Å². The molecule has 1 amide bonds. The summed E-state index contributed by atoms with van der Waals surface area (Å²) in [6.07, 6.45) is 23.8. The maximum atomic E-state index is 11.9. The fourth-order valence-electron chi connectivity index (χ4n) is 4.20. The highest BCUT2D eigenvalue weighted by molar-refractivity contribution is 7.13. The molecule has 7 heteroatoms. The number of nitrogens with one attached hydrogen (secondary N) is 2. The van der Waals surface area contributed by atoms with Crippen molar-refractivity contribution in [2.45, 2.75) is 148 Å². The number of carboxylic acid groups (broad SMARTS) is 1. The van der Waals surface area contributed by atoms with Gasteiger partial charge in [0.25, 0.3) is 0 Å². The van der Waals surface area contributed by atoms with Crippen LogP contribution in [0.25, 0.3) is 0 Å². The van der Waals surface area contributed by atoms with Crippen molar-refractivity contribution in [3.8, 4) is 0 Å². The summed E-state index contributed by atoms with van der Waals surface area (Å²) in [6.45, 7) is 2.31. The van der Waals surface area contributed by atoms with Gasteiger partial charge in [0.05, 0.1) is 0 Å². The van der Waals surface area contributed by atoms with Crippen LogP contribution in [-0.2, 0) is 14.4 Å². The molecule has 6 nitrogen and oxygen atoms in total. The molecule has 0 radical (unpaired) electrons. The van der Waals surface area contributed by atoms with Crippen LogP contribution in [0, 0.1) is 0 Å². The molecule has 0 fully saturated rings. The number of rotatable bonds is 26. The van der Waals surface area contributed by atoms with Gasteiger partial charge in [0.2, 0.25) is 5.91 Å². The van der Waals surface area contributed by atoms with Crippen molar-refractivity contribution in [1.29, 1.82) is 0 Å². The molecule has 0 heterocycles. The van der Waals surface area contributed by atoms with Gasteiger partial charge in [-0.15, -0.1) is 0 Å².